The maximum absolute atomic E-state index is 13.2. The van der Waals surface area contributed by atoms with Crippen molar-refractivity contribution in [2.75, 3.05) is 0 Å². The molecule has 4 nitrogen and oxygen atoms in total. The van der Waals surface area contributed by atoms with E-state index in [1.807, 2.05) is 5.43 Å². The van der Waals surface area contributed by atoms with Gasteiger partial charge in [-0.05, 0) is 12.1 Å². The summed E-state index contributed by atoms with van der Waals surface area (Å²) in [5.74, 6) is -4.24. The van der Waals surface area contributed by atoms with Crippen LogP contribution in [0.25, 0.3) is 0 Å². The predicted molar refractivity (Wildman–Crippen MR) is 54.0 cm³/mol. The number of hydrogen-bond donors (Lipinski definition) is 3. The third kappa shape index (κ3) is 3.15. The molecule has 9 heteroatoms. The molecule has 0 spiro atoms. The van der Waals surface area contributed by atoms with Crippen LogP contribution in [0.2, 0.25) is 0 Å². The second-order valence-electron chi connectivity index (χ2n) is 3.11. The van der Waals surface area contributed by atoms with Gasteiger partial charge >= 0.3 is 6.18 Å². The third-order valence-corrected chi connectivity index (χ3v) is 1.81. The minimum Gasteiger partial charge on any atom is -0.369 e. The lowest BCUT2D eigenvalue weighted by molar-refractivity contribution is -0.140. The van der Waals surface area contributed by atoms with E-state index >= 15 is 0 Å². The Morgan fingerprint density at radius 3 is 2.39 bits per heavy atom. The number of halogens is 5. The van der Waals surface area contributed by atoms with Crippen LogP contribution in [0.1, 0.15) is 11.1 Å². The van der Waals surface area contributed by atoms with E-state index < -0.39 is 34.9 Å². The van der Waals surface area contributed by atoms with E-state index in [2.05, 4.69) is 5.10 Å². The first kappa shape index (κ1) is 13.9. The zero-order valence-corrected chi connectivity index (χ0v) is 8.65. The number of nitrogens with two attached hydrogens (primary N) is 1. The van der Waals surface area contributed by atoms with E-state index in [0.717, 1.165) is 0 Å². The van der Waals surface area contributed by atoms with Crippen molar-refractivity contribution in [3.8, 4) is 0 Å². The molecule has 1 rings (SSSR count). The zero-order chi connectivity index (χ0) is 13.9. The Bertz CT molecular complexity index is 494. The lowest BCUT2D eigenvalue weighted by atomic mass is 10.1. The molecule has 0 aliphatic carbocycles. The first-order valence-corrected chi connectivity index (χ1v) is 4.41. The van der Waals surface area contributed by atoms with Crippen molar-refractivity contribution in [2.45, 2.75) is 6.18 Å². The van der Waals surface area contributed by atoms with E-state index in [-0.39, 0.29) is 0 Å². The molecule has 0 saturated carbocycles. The van der Waals surface area contributed by atoms with Crippen LogP contribution >= 0.6 is 0 Å². The molecule has 18 heavy (non-hydrogen) atoms. The van der Waals surface area contributed by atoms with Crippen LogP contribution in [0.5, 0.6) is 0 Å². The number of hydrazone groups is 1. The molecule has 1 aromatic carbocycles. The van der Waals surface area contributed by atoms with Crippen molar-refractivity contribution >= 4 is 12.2 Å². The molecular weight excluding hydrogens is 259 g/mol. The Kier molecular flexibility index (Phi) is 3.84. The molecule has 0 fully saturated rings. The van der Waals surface area contributed by atoms with Gasteiger partial charge in [0.05, 0.1) is 11.8 Å². The molecule has 98 valence electrons. The van der Waals surface area contributed by atoms with E-state index in [1.165, 1.54) is 0 Å². The van der Waals surface area contributed by atoms with Crippen LogP contribution in [0, 0.1) is 17.0 Å². The highest BCUT2D eigenvalue weighted by Crippen LogP contribution is 2.32. The van der Waals surface area contributed by atoms with Crippen LogP contribution in [0.3, 0.4) is 0 Å². The molecule has 0 saturated heterocycles. The highest BCUT2D eigenvalue weighted by atomic mass is 19.4. The number of rotatable bonds is 2. The summed E-state index contributed by atoms with van der Waals surface area (Å²) in [5.41, 5.74) is 4.55. The molecule has 0 heterocycles. The molecular formula is C9H7F5N4. The van der Waals surface area contributed by atoms with Crippen molar-refractivity contribution in [3.63, 3.8) is 0 Å². The third-order valence-electron chi connectivity index (χ3n) is 1.81. The van der Waals surface area contributed by atoms with E-state index in [1.54, 1.807) is 0 Å². The topological polar surface area (TPSA) is 74.3 Å². The van der Waals surface area contributed by atoms with Crippen LogP contribution < -0.4 is 11.2 Å². The van der Waals surface area contributed by atoms with Gasteiger partial charge in [-0.2, -0.15) is 18.3 Å². The first-order valence-electron chi connectivity index (χ1n) is 4.41. The van der Waals surface area contributed by atoms with Gasteiger partial charge in [0.15, 0.2) is 11.6 Å². The van der Waals surface area contributed by atoms with E-state index in [0.29, 0.717) is 18.3 Å². The quantitative estimate of drug-likeness (QED) is 0.330. The summed E-state index contributed by atoms with van der Waals surface area (Å²) in [6.45, 7) is 0. The number of guanidine groups is 1. The first-order chi connectivity index (χ1) is 8.23. The second-order valence-corrected chi connectivity index (χ2v) is 3.11. The lowest BCUT2D eigenvalue weighted by Gasteiger charge is -2.09. The number of benzene rings is 1. The number of nitrogens with one attached hydrogen (secondary N) is 2. The Balaban J connectivity index is 3.09. The molecule has 0 aliphatic heterocycles. The standard InChI is InChI=1S/C9H7F5N4/c10-6-4(3-17-18-8(15)16)1-2-5(7(6)11)9(12,13)14/h1-3H,(H4,15,16,18)/b17-3+. The molecule has 0 unspecified atom stereocenters. The van der Waals surface area contributed by atoms with Gasteiger partial charge in [0, 0.05) is 5.56 Å². The molecule has 0 radical (unpaired) electrons. The Morgan fingerprint density at radius 2 is 1.89 bits per heavy atom. The minimum absolute atomic E-state index is 0.396. The fourth-order valence-corrected chi connectivity index (χ4v) is 1.05. The number of nitrogens with zero attached hydrogens (tertiary/aromatic N) is 1. The monoisotopic (exact) mass is 266 g/mol. The predicted octanol–water partition coefficient (Wildman–Crippen LogP) is 1.80. The van der Waals surface area contributed by atoms with Gasteiger partial charge in [-0.1, -0.05) is 0 Å². The Hall–Kier alpha value is -2.19. The van der Waals surface area contributed by atoms with Gasteiger partial charge in [0.1, 0.15) is 0 Å². The fraction of sp³-hybridized carbons (Fsp3) is 0.111. The van der Waals surface area contributed by atoms with Gasteiger partial charge in [-0.25, -0.2) is 14.2 Å². The van der Waals surface area contributed by atoms with Gasteiger partial charge in [0.2, 0.25) is 5.96 Å². The van der Waals surface area contributed by atoms with E-state index in [4.69, 9.17) is 11.1 Å². The number of hydrogen-bond acceptors (Lipinski definition) is 2. The summed E-state index contributed by atoms with van der Waals surface area (Å²) in [4.78, 5) is 0. The smallest absolute Gasteiger partial charge is 0.369 e. The van der Waals surface area contributed by atoms with Crippen LogP contribution in [-0.4, -0.2) is 12.2 Å². The van der Waals surface area contributed by atoms with Crippen molar-refractivity contribution in [1.29, 1.82) is 5.41 Å². The molecule has 0 atom stereocenters. The molecule has 0 amide bonds. The summed E-state index contributed by atoms with van der Waals surface area (Å²) in [5, 5.41) is 9.93. The average molecular weight is 266 g/mol. The van der Waals surface area contributed by atoms with Crippen LogP contribution in [-0.2, 0) is 6.18 Å². The molecule has 0 aliphatic rings. The maximum Gasteiger partial charge on any atom is 0.419 e. The van der Waals surface area contributed by atoms with Gasteiger partial charge in [0.25, 0.3) is 0 Å². The van der Waals surface area contributed by atoms with Crippen LogP contribution in [0.4, 0.5) is 22.0 Å². The summed E-state index contributed by atoms with van der Waals surface area (Å²) >= 11 is 0. The molecule has 1 aromatic rings. The SMILES string of the molecule is N=C(N)N/N=C/c1ccc(C(F)(F)F)c(F)c1F. The van der Waals surface area contributed by atoms with Crippen molar-refractivity contribution in [2.24, 2.45) is 10.8 Å². The lowest BCUT2D eigenvalue weighted by Crippen LogP contribution is -2.25. The minimum atomic E-state index is -4.97. The zero-order valence-electron chi connectivity index (χ0n) is 8.65. The van der Waals surface area contributed by atoms with Crippen molar-refractivity contribution in [3.05, 3.63) is 34.9 Å². The largest absolute Gasteiger partial charge is 0.419 e. The van der Waals surface area contributed by atoms with Gasteiger partial charge in [-0.15, -0.1) is 0 Å². The maximum atomic E-state index is 13.2. The molecule has 0 bridgehead atoms. The van der Waals surface area contributed by atoms with Crippen LogP contribution in [0.15, 0.2) is 17.2 Å². The molecule has 0 aromatic heterocycles. The van der Waals surface area contributed by atoms with Crippen molar-refractivity contribution < 1.29 is 22.0 Å². The normalized spacial score (nSPS) is 11.8. The average Bonchev–Trinajstić information content (AvgIpc) is 2.22. The highest BCUT2D eigenvalue weighted by Gasteiger charge is 2.35. The van der Waals surface area contributed by atoms with E-state index in [9.17, 15) is 22.0 Å². The second kappa shape index (κ2) is 4.98. The van der Waals surface area contributed by atoms with Crippen molar-refractivity contribution in [1.82, 2.24) is 5.43 Å². The Morgan fingerprint density at radius 1 is 1.28 bits per heavy atom. The number of alkyl halides is 3. The summed E-state index contributed by atoms with van der Waals surface area (Å²) in [7, 11) is 0. The fourth-order valence-electron chi connectivity index (χ4n) is 1.05. The molecule has 4 N–H and O–H groups in total. The highest BCUT2D eigenvalue weighted by molar-refractivity contribution is 5.82. The van der Waals surface area contributed by atoms with Gasteiger partial charge < -0.3 is 5.73 Å². The summed E-state index contributed by atoms with van der Waals surface area (Å²) in [6, 6.07) is 1.11. The summed E-state index contributed by atoms with van der Waals surface area (Å²) in [6.07, 6.45) is -4.27. The van der Waals surface area contributed by atoms with Gasteiger partial charge in [-0.3, -0.25) is 5.41 Å². The Labute approximate surface area is 97.8 Å². The summed E-state index contributed by atoms with van der Waals surface area (Å²) < 4.78 is 63.0.